The number of benzene rings is 1. The fourth-order valence-corrected chi connectivity index (χ4v) is 4.73. The van der Waals surface area contributed by atoms with Gasteiger partial charge in [0.15, 0.2) is 0 Å². The Labute approximate surface area is 187 Å². The highest BCUT2D eigenvalue weighted by Crippen LogP contribution is 2.34. The van der Waals surface area contributed by atoms with Gasteiger partial charge in [-0.3, -0.25) is 4.79 Å². The maximum Gasteiger partial charge on any atom is 0.416 e. The zero-order valence-electron chi connectivity index (χ0n) is 18.9. The summed E-state index contributed by atoms with van der Waals surface area (Å²) in [7, 11) is 0. The lowest BCUT2D eigenvalue weighted by molar-refractivity contribution is -0.137. The van der Waals surface area contributed by atoms with Crippen LogP contribution in [0.3, 0.4) is 0 Å². The number of hydrogen-bond donors (Lipinski definition) is 1. The van der Waals surface area contributed by atoms with Crippen LogP contribution in [0.5, 0.6) is 0 Å². The summed E-state index contributed by atoms with van der Waals surface area (Å²) in [6.07, 6.45) is -0.787. The van der Waals surface area contributed by atoms with E-state index in [9.17, 15) is 22.4 Å². The second-order valence-corrected chi connectivity index (χ2v) is 9.06. The Morgan fingerprint density at radius 3 is 2.62 bits per heavy atom. The molecule has 1 saturated carbocycles. The van der Waals surface area contributed by atoms with E-state index in [0.29, 0.717) is 38.0 Å². The van der Waals surface area contributed by atoms with Crippen molar-refractivity contribution >= 4 is 5.91 Å². The molecule has 4 nitrogen and oxygen atoms in total. The number of alkyl halides is 4. The van der Waals surface area contributed by atoms with Gasteiger partial charge in [0.1, 0.15) is 6.17 Å². The van der Waals surface area contributed by atoms with Crippen LogP contribution in [-0.4, -0.2) is 48.8 Å². The van der Waals surface area contributed by atoms with Crippen molar-refractivity contribution in [2.75, 3.05) is 19.8 Å². The van der Waals surface area contributed by atoms with Crippen LogP contribution in [0.25, 0.3) is 0 Å². The smallest absolute Gasteiger partial charge is 0.378 e. The van der Waals surface area contributed by atoms with E-state index in [2.05, 4.69) is 19.2 Å². The predicted molar refractivity (Wildman–Crippen MR) is 115 cm³/mol. The molecule has 180 valence electrons. The zero-order valence-corrected chi connectivity index (χ0v) is 18.9. The molecule has 1 aromatic rings. The summed E-state index contributed by atoms with van der Waals surface area (Å²) in [5.74, 6) is -0.154. The molecule has 32 heavy (non-hydrogen) atoms. The molecule has 0 aromatic heterocycles. The monoisotopic (exact) mass is 458 g/mol. The molecule has 0 radical (unpaired) electrons. The lowest BCUT2D eigenvalue weighted by Gasteiger charge is -2.32. The average molecular weight is 459 g/mol. The number of carbonyl (C=O) groups excluding carboxylic acids is 1. The van der Waals surface area contributed by atoms with Gasteiger partial charge in [0, 0.05) is 37.7 Å². The van der Waals surface area contributed by atoms with Crippen LogP contribution in [0.1, 0.15) is 62.6 Å². The number of nitrogens with zero attached hydrogens (tertiary/aromatic N) is 1. The first kappa shape index (κ1) is 25.0. The normalized spacial score (nSPS) is 28.0. The number of ether oxygens (including phenoxy) is 1. The van der Waals surface area contributed by atoms with Gasteiger partial charge in [-0.15, -0.1) is 0 Å². The predicted octanol–water partition coefficient (Wildman–Crippen LogP) is 4.89. The summed E-state index contributed by atoms with van der Waals surface area (Å²) in [5, 5.41) is 3.34. The highest BCUT2D eigenvalue weighted by Gasteiger charge is 2.37. The van der Waals surface area contributed by atoms with Crippen molar-refractivity contribution in [3.05, 3.63) is 34.9 Å². The second-order valence-electron chi connectivity index (χ2n) is 9.06. The van der Waals surface area contributed by atoms with E-state index in [4.69, 9.17) is 4.74 Å². The molecule has 8 heteroatoms. The van der Waals surface area contributed by atoms with Crippen LogP contribution in [0, 0.1) is 5.92 Å². The lowest BCUT2D eigenvalue weighted by atomic mass is 9.95. The Hall–Kier alpha value is -1.67. The summed E-state index contributed by atoms with van der Waals surface area (Å²) in [6, 6.07) is 3.67. The van der Waals surface area contributed by atoms with Gasteiger partial charge in [-0.1, -0.05) is 26.3 Å². The van der Waals surface area contributed by atoms with Crippen LogP contribution >= 0.6 is 0 Å². The summed E-state index contributed by atoms with van der Waals surface area (Å²) < 4.78 is 58.1. The topological polar surface area (TPSA) is 41.6 Å². The number of halogens is 4. The molecule has 2 fully saturated rings. The Morgan fingerprint density at radius 2 is 1.94 bits per heavy atom. The van der Waals surface area contributed by atoms with E-state index < -0.39 is 17.9 Å². The van der Waals surface area contributed by atoms with E-state index in [1.807, 2.05) is 0 Å². The van der Waals surface area contributed by atoms with Crippen molar-refractivity contribution in [3.8, 4) is 0 Å². The molecule has 1 amide bonds. The fraction of sp³-hybridized carbons (Fsp3) is 0.708. The molecule has 1 aliphatic carbocycles. The quantitative estimate of drug-likeness (QED) is 0.656. The van der Waals surface area contributed by atoms with Gasteiger partial charge >= 0.3 is 6.18 Å². The Balaban J connectivity index is 0.000000913. The molecule has 0 bridgehead atoms. The summed E-state index contributed by atoms with van der Waals surface area (Å²) in [4.78, 5) is 14.7. The molecule has 2 aliphatic heterocycles. The molecule has 3 unspecified atom stereocenters. The first-order valence-electron chi connectivity index (χ1n) is 11.7. The van der Waals surface area contributed by atoms with Crippen LogP contribution < -0.4 is 5.32 Å². The van der Waals surface area contributed by atoms with E-state index in [1.165, 1.54) is 18.6 Å². The molecule has 1 aromatic carbocycles. The van der Waals surface area contributed by atoms with Crippen molar-refractivity contribution in [2.45, 2.75) is 83.3 Å². The number of rotatable bonds is 3. The Bertz CT molecular complexity index is 771. The molecule has 0 spiro atoms. The largest absolute Gasteiger partial charge is 0.416 e. The van der Waals surface area contributed by atoms with Crippen molar-refractivity contribution in [2.24, 2.45) is 5.92 Å². The molecule has 3 aliphatic rings. The van der Waals surface area contributed by atoms with Crippen LogP contribution in [0.15, 0.2) is 18.2 Å². The summed E-state index contributed by atoms with van der Waals surface area (Å²) >= 11 is 0. The standard InChI is InChI=1S/C21H26F4N2O2.C3H8/c22-18-12-29-8-6-19(18)26-17-4-2-14(10-17)20(28)27-7-5-13-1-3-16(21(23,24)25)9-15(13)11-27;1-3-2/h1,3,9,14,17-19,26H,2,4-8,10-12H2;3H2,1-2H3/t14-,17?,18?,19?;/m0./s1. The maximum absolute atomic E-state index is 14.0. The number of nitrogens with one attached hydrogen (secondary N) is 1. The third-order valence-electron chi connectivity index (χ3n) is 6.38. The minimum Gasteiger partial charge on any atom is -0.378 e. The van der Waals surface area contributed by atoms with Gasteiger partial charge in [0.05, 0.1) is 12.2 Å². The van der Waals surface area contributed by atoms with E-state index in [-0.39, 0.29) is 37.1 Å². The van der Waals surface area contributed by atoms with Crippen LogP contribution in [0.4, 0.5) is 17.6 Å². The second kappa shape index (κ2) is 11.0. The SMILES string of the molecule is CCC.O=C([C@H]1CCC(NC2CCOCC2F)C1)N1CCc2ccc(C(F)(F)F)cc2C1. The first-order valence-corrected chi connectivity index (χ1v) is 11.7. The van der Waals surface area contributed by atoms with Crippen LogP contribution in [0.2, 0.25) is 0 Å². The van der Waals surface area contributed by atoms with Crippen LogP contribution in [-0.2, 0) is 28.7 Å². The van der Waals surface area contributed by atoms with Crippen molar-refractivity contribution < 1.29 is 27.1 Å². The maximum atomic E-state index is 14.0. The highest BCUT2D eigenvalue weighted by atomic mass is 19.4. The molecule has 1 N–H and O–H groups in total. The van der Waals surface area contributed by atoms with Crippen molar-refractivity contribution in [1.82, 2.24) is 10.2 Å². The molecule has 1 saturated heterocycles. The Morgan fingerprint density at radius 1 is 1.19 bits per heavy atom. The number of fused-ring (bicyclic) bond motifs is 1. The van der Waals surface area contributed by atoms with Crippen molar-refractivity contribution in [1.29, 1.82) is 0 Å². The fourth-order valence-electron chi connectivity index (χ4n) is 4.73. The molecule has 4 rings (SSSR count). The zero-order chi connectivity index (χ0) is 23.3. The first-order chi connectivity index (χ1) is 15.2. The lowest BCUT2D eigenvalue weighted by Crippen LogP contribution is -2.48. The van der Waals surface area contributed by atoms with E-state index >= 15 is 0 Å². The van der Waals surface area contributed by atoms with E-state index in [0.717, 1.165) is 24.5 Å². The van der Waals surface area contributed by atoms with Crippen molar-refractivity contribution in [3.63, 3.8) is 0 Å². The summed E-state index contributed by atoms with van der Waals surface area (Å²) in [5.41, 5.74) is 0.781. The minimum absolute atomic E-state index is 0.00105. The van der Waals surface area contributed by atoms with Gasteiger partial charge in [-0.2, -0.15) is 13.2 Å². The van der Waals surface area contributed by atoms with Gasteiger partial charge in [-0.05, 0) is 55.4 Å². The number of amides is 1. The van der Waals surface area contributed by atoms with E-state index in [1.54, 1.807) is 4.90 Å². The van der Waals surface area contributed by atoms with Gasteiger partial charge in [-0.25, -0.2) is 4.39 Å². The third kappa shape index (κ3) is 6.22. The Kier molecular flexibility index (Phi) is 8.55. The molecular formula is C24H34F4N2O2. The minimum atomic E-state index is -4.38. The summed E-state index contributed by atoms with van der Waals surface area (Å²) in [6.45, 7) is 5.65. The molecule has 2 heterocycles. The molecule has 4 atom stereocenters. The number of carbonyl (C=O) groups is 1. The van der Waals surface area contributed by atoms with Gasteiger partial charge in [0.2, 0.25) is 5.91 Å². The number of hydrogen-bond acceptors (Lipinski definition) is 3. The molecular weight excluding hydrogens is 424 g/mol. The van der Waals surface area contributed by atoms with Gasteiger partial charge < -0.3 is 15.0 Å². The highest BCUT2D eigenvalue weighted by molar-refractivity contribution is 5.79. The third-order valence-corrected chi connectivity index (χ3v) is 6.38. The van der Waals surface area contributed by atoms with Gasteiger partial charge in [0.25, 0.3) is 0 Å². The average Bonchev–Trinajstić information content (AvgIpc) is 3.22.